The second-order valence-corrected chi connectivity index (χ2v) is 9.06. The van der Waals surface area contributed by atoms with E-state index in [1.54, 1.807) is 20.8 Å². The number of azide groups is 1. The molecule has 10 heteroatoms. The number of alkyl carbamates (subject to hydrolysis) is 1. The maximum absolute atomic E-state index is 13.4. The van der Waals surface area contributed by atoms with E-state index in [0.29, 0.717) is 12.3 Å². The topological polar surface area (TPSA) is 134 Å². The van der Waals surface area contributed by atoms with Crippen LogP contribution in [0, 0.1) is 5.92 Å². The van der Waals surface area contributed by atoms with Gasteiger partial charge in [0.1, 0.15) is 17.7 Å². The Balaban J connectivity index is 2.20. The van der Waals surface area contributed by atoms with Crippen molar-refractivity contribution in [1.29, 1.82) is 0 Å². The number of esters is 1. The number of carbonyl (C=O) groups excluding carboxylic acids is 3. The minimum absolute atomic E-state index is 0.111. The normalized spacial score (nSPS) is 23.3. The Morgan fingerprint density at radius 1 is 1.23 bits per heavy atom. The van der Waals surface area contributed by atoms with E-state index in [1.165, 1.54) is 18.4 Å². The zero-order valence-electron chi connectivity index (χ0n) is 18.3. The van der Waals surface area contributed by atoms with Crippen LogP contribution in [0.1, 0.15) is 65.7 Å². The molecule has 2 rings (SSSR count). The third-order valence-electron chi connectivity index (χ3n) is 5.53. The first-order valence-corrected chi connectivity index (χ1v) is 10.6. The lowest BCUT2D eigenvalue weighted by Gasteiger charge is -2.31. The van der Waals surface area contributed by atoms with Crippen molar-refractivity contribution in [2.45, 2.75) is 89.4 Å². The molecular formula is C20H33N5O5. The Kier molecular flexibility index (Phi) is 8.34. The lowest BCUT2D eigenvalue weighted by molar-refractivity contribution is -0.151. The van der Waals surface area contributed by atoms with Gasteiger partial charge in [0.05, 0.1) is 13.2 Å². The van der Waals surface area contributed by atoms with Crippen LogP contribution in [-0.2, 0) is 19.1 Å². The van der Waals surface area contributed by atoms with Crippen LogP contribution in [0.5, 0.6) is 0 Å². The number of carbonyl (C=O) groups is 3. The SMILES string of the molecule is COC(=O)[C@@H]1C[C@@H](N=[N+]=[N-])CN1C(=O)C(CC1CCCCC1)NC(=O)OC(C)(C)C. The standard InChI is InChI=1S/C20H33N5O5/c1-20(2,3)30-19(28)22-15(10-13-8-6-5-7-9-13)17(26)25-12-14(23-24-21)11-16(25)18(27)29-4/h13-16H,5-12H2,1-4H3,(H,22,28)/t14-,15?,16+/m1/s1. The van der Waals surface area contributed by atoms with Crippen molar-refractivity contribution in [2.75, 3.05) is 13.7 Å². The van der Waals surface area contributed by atoms with Gasteiger partial charge in [-0.25, -0.2) is 9.59 Å². The quantitative estimate of drug-likeness (QED) is 0.303. The van der Waals surface area contributed by atoms with Crippen molar-refractivity contribution in [3.8, 4) is 0 Å². The Morgan fingerprint density at radius 3 is 2.47 bits per heavy atom. The second-order valence-electron chi connectivity index (χ2n) is 9.06. The zero-order valence-corrected chi connectivity index (χ0v) is 18.3. The van der Waals surface area contributed by atoms with Gasteiger partial charge in [-0.05, 0) is 45.1 Å². The van der Waals surface area contributed by atoms with E-state index in [2.05, 4.69) is 15.3 Å². The van der Waals surface area contributed by atoms with Crippen molar-refractivity contribution in [3.63, 3.8) is 0 Å². The van der Waals surface area contributed by atoms with Crippen LogP contribution in [-0.4, -0.2) is 60.3 Å². The Labute approximate surface area is 177 Å². The molecule has 0 spiro atoms. The highest BCUT2D eigenvalue weighted by Gasteiger charge is 2.43. The number of rotatable bonds is 6. The summed E-state index contributed by atoms with van der Waals surface area (Å²) in [5.74, 6) is -0.625. The van der Waals surface area contributed by atoms with E-state index in [0.717, 1.165) is 25.7 Å². The maximum atomic E-state index is 13.4. The summed E-state index contributed by atoms with van der Waals surface area (Å²) in [5.41, 5.74) is 8.05. The molecule has 1 aliphatic heterocycles. The predicted molar refractivity (Wildman–Crippen MR) is 109 cm³/mol. The monoisotopic (exact) mass is 423 g/mol. The van der Waals surface area contributed by atoms with E-state index in [-0.39, 0.29) is 18.9 Å². The molecule has 30 heavy (non-hydrogen) atoms. The average Bonchev–Trinajstić information content (AvgIpc) is 3.10. The highest BCUT2D eigenvalue weighted by atomic mass is 16.6. The molecule has 1 unspecified atom stereocenters. The van der Waals surface area contributed by atoms with Crippen molar-refractivity contribution < 1.29 is 23.9 Å². The fourth-order valence-corrected chi connectivity index (χ4v) is 4.20. The molecule has 168 valence electrons. The average molecular weight is 424 g/mol. The summed E-state index contributed by atoms with van der Waals surface area (Å²) in [5, 5.41) is 6.39. The Hall–Kier alpha value is -2.48. The van der Waals surface area contributed by atoms with Gasteiger partial charge in [-0.15, -0.1) is 0 Å². The number of methoxy groups -OCH3 is 1. The number of nitrogens with zero attached hydrogens (tertiary/aromatic N) is 4. The van der Waals surface area contributed by atoms with Crippen molar-refractivity contribution >= 4 is 18.0 Å². The van der Waals surface area contributed by atoms with Crippen LogP contribution in [0.3, 0.4) is 0 Å². The van der Waals surface area contributed by atoms with E-state index in [1.807, 2.05) is 0 Å². The molecule has 0 aromatic carbocycles. The molecule has 10 nitrogen and oxygen atoms in total. The highest BCUT2D eigenvalue weighted by Crippen LogP contribution is 2.29. The minimum atomic E-state index is -0.840. The molecule has 1 N–H and O–H groups in total. The summed E-state index contributed by atoms with van der Waals surface area (Å²) in [6.07, 6.45) is 5.40. The molecule has 1 aliphatic carbocycles. The Bertz CT molecular complexity index is 680. The van der Waals surface area contributed by atoms with Crippen LogP contribution < -0.4 is 5.32 Å². The zero-order chi connectivity index (χ0) is 22.3. The minimum Gasteiger partial charge on any atom is -0.467 e. The second kappa shape index (κ2) is 10.5. The van der Waals surface area contributed by atoms with Crippen molar-refractivity contribution in [2.24, 2.45) is 11.0 Å². The smallest absolute Gasteiger partial charge is 0.408 e. The van der Waals surface area contributed by atoms with Gasteiger partial charge in [0.25, 0.3) is 0 Å². The van der Waals surface area contributed by atoms with Crippen LogP contribution in [0.15, 0.2) is 5.11 Å². The number of nitrogens with one attached hydrogen (secondary N) is 1. The first kappa shape index (κ1) is 23.8. The van der Waals surface area contributed by atoms with E-state index in [4.69, 9.17) is 15.0 Å². The third kappa shape index (κ3) is 6.79. The van der Waals surface area contributed by atoms with Crippen LogP contribution in [0.25, 0.3) is 10.4 Å². The Morgan fingerprint density at radius 2 is 1.90 bits per heavy atom. The fraction of sp³-hybridized carbons (Fsp3) is 0.850. The lowest BCUT2D eigenvalue weighted by atomic mass is 9.84. The fourth-order valence-electron chi connectivity index (χ4n) is 4.20. The van der Waals surface area contributed by atoms with Crippen LogP contribution >= 0.6 is 0 Å². The number of hydrogen-bond acceptors (Lipinski definition) is 6. The highest BCUT2D eigenvalue weighted by molar-refractivity contribution is 5.90. The number of hydrogen-bond donors (Lipinski definition) is 1. The molecule has 1 saturated carbocycles. The van der Waals surface area contributed by atoms with E-state index < -0.39 is 35.8 Å². The molecule has 0 bridgehead atoms. The van der Waals surface area contributed by atoms with Gasteiger partial charge in [0, 0.05) is 11.5 Å². The molecule has 0 aromatic rings. The summed E-state index contributed by atoms with van der Waals surface area (Å²) in [7, 11) is 1.25. The van der Waals surface area contributed by atoms with Crippen molar-refractivity contribution in [3.05, 3.63) is 10.4 Å². The molecule has 2 aliphatic rings. The van der Waals surface area contributed by atoms with E-state index in [9.17, 15) is 14.4 Å². The molecule has 1 saturated heterocycles. The summed E-state index contributed by atoms with van der Waals surface area (Å²) < 4.78 is 10.2. The molecule has 2 amide bonds. The molecular weight excluding hydrogens is 390 g/mol. The third-order valence-corrected chi connectivity index (χ3v) is 5.53. The number of ether oxygens (including phenoxy) is 2. The summed E-state index contributed by atoms with van der Waals surface area (Å²) in [6, 6.07) is -2.17. The lowest BCUT2D eigenvalue weighted by Crippen LogP contribution is -2.53. The predicted octanol–water partition coefficient (Wildman–Crippen LogP) is 3.30. The first-order chi connectivity index (χ1) is 14.1. The van der Waals surface area contributed by atoms with E-state index >= 15 is 0 Å². The number of likely N-dealkylation sites (tertiary alicyclic amines) is 1. The molecule has 0 radical (unpaired) electrons. The molecule has 0 aromatic heterocycles. The van der Waals surface area contributed by atoms with Gasteiger partial charge in [0.15, 0.2) is 0 Å². The molecule has 1 heterocycles. The van der Waals surface area contributed by atoms with Crippen LogP contribution in [0.2, 0.25) is 0 Å². The van der Waals surface area contributed by atoms with Gasteiger partial charge in [-0.2, -0.15) is 0 Å². The molecule has 2 fully saturated rings. The van der Waals surface area contributed by atoms with Gasteiger partial charge < -0.3 is 19.7 Å². The molecule has 3 atom stereocenters. The van der Waals surface area contributed by atoms with Crippen LogP contribution in [0.4, 0.5) is 4.79 Å². The van der Waals surface area contributed by atoms with Gasteiger partial charge in [0.2, 0.25) is 5.91 Å². The summed E-state index contributed by atoms with van der Waals surface area (Å²) in [4.78, 5) is 42.2. The largest absolute Gasteiger partial charge is 0.467 e. The first-order valence-electron chi connectivity index (χ1n) is 10.6. The summed E-state index contributed by atoms with van der Waals surface area (Å²) >= 11 is 0. The van der Waals surface area contributed by atoms with Gasteiger partial charge in [-0.3, -0.25) is 4.79 Å². The van der Waals surface area contributed by atoms with Gasteiger partial charge >= 0.3 is 12.1 Å². The number of amides is 2. The van der Waals surface area contributed by atoms with Gasteiger partial charge in [-0.1, -0.05) is 37.2 Å². The summed E-state index contributed by atoms with van der Waals surface area (Å²) in [6.45, 7) is 5.37. The maximum Gasteiger partial charge on any atom is 0.408 e. The van der Waals surface area contributed by atoms with Crippen molar-refractivity contribution in [1.82, 2.24) is 10.2 Å².